The Morgan fingerprint density at radius 3 is 2.10 bits per heavy atom. The van der Waals surface area contributed by atoms with E-state index in [4.69, 9.17) is 15.7 Å². The maximum atomic E-state index is 7.03. The monoisotopic (exact) mass is 642 g/mol. The van der Waals surface area contributed by atoms with Crippen LogP contribution in [0.15, 0.2) is 180 Å². The summed E-state index contributed by atoms with van der Waals surface area (Å²) in [5, 5.41) is 4.98. The summed E-state index contributed by atoms with van der Waals surface area (Å²) < 4.78 is 2.40. The van der Waals surface area contributed by atoms with Crippen molar-refractivity contribution in [2.24, 2.45) is 21.6 Å². The van der Waals surface area contributed by atoms with Crippen LogP contribution in [0.25, 0.3) is 49.9 Å². The minimum atomic E-state index is -0.127. The SMILES string of the molecule is NC(=NC(=Nc1ccccc1)c1ccccc1)C1Cc2ccccc2C=C1c1ccc(-n2c3ccccc3c3ccc4ccccc4c32)cc1. The van der Waals surface area contributed by atoms with Gasteiger partial charge in [0.25, 0.3) is 0 Å². The van der Waals surface area contributed by atoms with Crippen LogP contribution >= 0.6 is 0 Å². The first-order chi connectivity index (χ1) is 24.7. The number of nitrogens with zero attached hydrogens (tertiary/aromatic N) is 3. The fourth-order valence-electron chi connectivity index (χ4n) is 7.37. The highest BCUT2D eigenvalue weighted by Crippen LogP contribution is 2.39. The van der Waals surface area contributed by atoms with Gasteiger partial charge in [-0.15, -0.1) is 0 Å². The first-order valence-electron chi connectivity index (χ1n) is 17.1. The molecule has 1 aromatic heterocycles. The van der Waals surface area contributed by atoms with Gasteiger partial charge in [0.15, 0.2) is 5.84 Å². The Morgan fingerprint density at radius 1 is 0.600 bits per heavy atom. The molecule has 2 N–H and O–H groups in total. The van der Waals surface area contributed by atoms with E-state index < -0.39 is 0 Å². The molecule has 0 saturated heterocycles. The summed E-state index contributed by atoms with van der Waals surface area (Å²) in [7, 11) is 0. The summed E-state index contributed by atoms with van der Waals surface area (Å²) in [6, 6.07) is 59.3. The van der Waals surface area contributed by atoms with Gasteiger partial charge >= 0.3 is 0 Å². The number of para-hydroxylation sites is 2. The van der Waals surface area contributed by atoms with Crippen molar-refractivity contribution in [3.05, 3.63) is 192 Å². The Balaban J connectivity index is 1.16. The van der Waals surface area contributed by atoms with Crippen molar-refractivity contribution in [2.75, 3.05) is 0 Å². The topological polar surface area (TPSA) is 55.7 Å². The van der Waals surface area contributed by atoms with E-state index in [0.29, 0.717) is 11.7 Å². The van der Waals surface area contributed by atoms with Gasteiger partial charge in [-0.2, -0.15) is 0 Å². The van der Waals surface area contributed by atoms with E-state index in [0.717, 1.165) is 34.5 Å². The zero-order valence-corrected chi connectivity index (χ0v) is 27.4. The molecule has 1 aliphatic rings. The van der Waals surface area contributed by atoms with Crippen LogP contribution in [-0.4, -0.2) is 16.2 Å². The number of nitrogens with two attached hydrogens (primary N) is 1. The number of aliphatic imine (C=N–C) groups is 2. The molecule has 0 bridgehead atoms. The Labute approximate surface area is 291 Å². The summed E-state index contributed by atoms with van der Waals surface area (Å²) in [5.41, 5.74) is 17.1. The predicted molar refractivity (Wildman–Crippen MR) is 210 cm³/mol. The van der Waals surface area contributed by atoms with E-state index in [-0.39, 0.29) is 5.92 Å². The first kappa shape index (κ1) is 29.6. The Morgan fingerprint density at radius 2 is 1.28 bits per heavy atom. The lowest BCUT2D eigenvalue weighted by Gasteiger charge is -2.26. The second-order valence-corrected chi connectivity index (χ2v) is 12.8. The quantitative estimate of drug-likeness (QED) is 0.147. The molecule has 8 aromatic rings. The maximum absolute atomic E-state index is 7.03. The predicted octanol–water partition coefficient (Wildman–Crippen LogP) is 10.8. The van der Waals surface area contributed by atoms with Crippen molar-refractivity contribution in [1.29, 1.82) is 0 Å². The van der Waals surface area contributed by atoms with Gasteiger partial charge in [0.05, 0.1) is 16.7 Å². The summed E-state index contributed by atoms with van der Waals surface area (Å²) in [5.74, 6) is 1.02. The Hall–Kier alpha value is -6.52. The van der Waals surface area contributed by atoms with Gasteiger partial charge in [-0.05, 0) is 64.4 Å². The second kappa shape index (κ2) is 12.5. The molecule has 238 valence electrons. The summed E-state index contributed by atoms with van der Waals surface area (Å²) in [6.07, 6.45) is 3.04. The zero-order chi connectivity index (χ0) is 33.4. The molecular formula is C46H34N4. The maximum Gasteiger partial charge on any atom is 0.161 e. The molecule has 0 radical (unpaired) electrons. The number of rotatable bonds is 5. The van der Waals surface area contributed by atoms with Crippen molar-refractivity contribution in [1.82, 2.24) is 4.57 Å². The molecule has 9 rings (SSSR count). The van der Waals surface area contributed by atoms with Crippen LogP contribution in [0.5, 0.6) is 0 Å². The van der Waals surface area contributed by atoms with E-state index in [9.17, 15) is 0 Å². The molecule has 4 nitrogen and oxygen atoms in total. The van der Waals surface area contributed by atoms with Crippen LogP contribution in [0.3, 0.4) is 0 Å². The number of amidine groups is 2. The van der Waals surface area contributed by atoms with E-state index >= 15 is 0 Å². The first-order valence-corrected chi connectivity index (χ1v) is 17.1. The molecule has 0 spiro atoms. The van der Waals surface area contributed by atoms with Crippen molar-refractivity contribution < 1.29 is 0 Å². The smallest absolute Gasteiger partial charge is 0.161 e. The van der Waals surface area contributed by atoms with Crippen LogP contribution in [0, 0.1) is 5.92 Å². The highest BCUT2D eigenvalue weighted by atomic mass is 15.0. The van der Waals surface area contributed by atoms with Crippen LogP contribution in [0.4, 0.5) is 5.69 Å². The molecule has 1 aliphatic carbocycles. The Bertz CT molecular complexity index is 2610. The third-order valence-corrected chi connectivity index (χ3v) is 9.80. The van der Waals surface area contributed by atoms with Crippen LogP contribution in [-0.2, 0) is 6.42 Å². The van der Waals surface area contributed by atoms with Crippen LogP contribution in [0.2, 0.25) is 0 Å². The van der Waals surface area contributed by atoms with E-state index in [2.05, 4.69) is 120 Å². The van der Waals surface area contributed by atoms with Gasteiger partial charge in [-0.25, -0.2) is 9.98 Å². The number of aromatic nitrogens is 1. The molecule has 0 aliphatic heterocycles. The number of fused-ring (bicyclic) bond motifs is 6. The second-order valence-electron chi connectivity index (χ2n) is 12.8. The van der Waals surface area contributed by atoms with Crippen molar-refractivity contribution in [3.63, 3.8) is 0 Å². The highest BCUT2D eigenvalue weighted by Gasteiger charge is 2.26. The highest BCUT2D eigenvalue weighted by molar-refractivity contribution is 6.18. The minimum Gasteiger partial charge on any atom is -0.387 e. The third-order valence-electron chi connectivity index (χ3n) is 9.80. The third kappa shape index (κ3) is 5.28. The fraction of sp³-hybridized carbons (Fsp3) is 0.0435. The number of hydrogen-bond donors (Lipinski definition) is 1. The molecule has 7 aromatic carbocycles. The molecule has 0 amide bonds. The van der Waals surface area contributed by atoms with E-state index in [1.165, 1.54) is 43.7 Å². The van der Waals surface area contributed by atoms with Gasteiger partial charge in [0, 0.05) is 33.3 Å². The number of hydrogen-bond acceptors (Lipinski definition) is 1. The Kier molecular flexibility index (Phi) is 7.40. The van der Waals surface area contributed by atoms with Crippen LogP contribution < -0.4 is 5.73 Å². The molecule has 4 heteroatoms. The normalized spacial score (nSPS) is 15.0. The largest absolute Gasteiger partial charge is 0.387 e. The van der Waals surface area contributed by atoms with Gasteiger partial charge in [0.1, 0.15) is 5.84 Å². The van der Waals surface area contributed by atoms with Gasteiger partial charge in [0.2, 0.25) is 0 Å². The summed E-state index contributed by atoms with van der Waals surface area (Å²) in [6.45, 7) is 0. The van der Waals surface area contributed by atoms with Crippen LogP contribution in [0.1, 0.15) is 22.3 Å². The number of benzene rings is 7. The van der Waals surface area contributed by atoms with Gasteiger partial charge in [-0.1, -0.05) is 146 Å². The van der Waals surface area contributed by atoms with E-state index in [1.807, 2.05) is 60.7 Å². The fourth-order valence-corrected chi connectivity index (χ4v) is 7.37. The summed E-state index contributed by atoms with van der Waals surface area (Å²) in [4.78, 5) is 10.0. The summed E-state index contributed by atoms with van der Waals surface area (Å²) >= 11 is 0. The zero-order valence-electron chi connectivity index (χ0n) is 27.4. The average Bonchev–Trinajstić information content (AvgIpc) is 3.53. The van der Waals surface area contributed by atoms with E-state index in [1.54, 1.807) is 0 Å². The molecule has 0 saturated carbocycles. The van der Waals surface area contributed by atoms with Gasteiger partial charge in [-0.3, -0.25) is 0 Å². The molecule has 50 heavy (non-hydrogen) atoms. The minimum absolute atomic E-state index is 0.127. The van der Waals surface area contributed by atoms with Crippen molar-refractivity contribution >= 4 is 61.6 Å². The van der Waals surface area contributed by atoms with Crippen molar-refractivity contribution in [3.8, 4) is 5.69 Å². The molecule has 1 unspecified atom stereocenters. The standard InChI is InChI=1S/C46H34N4/c47-45(49-46(33-14-3-1-4-15-33)48-36-18-5-2-6-19-36)42-30-35-17-8-7-16-34(35)29-41(42)32-23-26-37(27-24-32)50-43-22-12-11-21-39(43)40-28-25-31-13-9-10-20-38(31)44(40)50/h1-29,42H,30H2,(H2,47,48,49). The molecule has 1 heterocycles. The lowest BCUT2D eigenvalue weighted by atomic mass is 9.79. The molecule has 1 atom stereocenters. The van der Waals surface area contributed by atoms with Gasteiger partial charge < -0.3 is 10.3 Å². The molecular weight excluding hydrogens is 609 g/mol. The molecule has 0 fully saturated rings. The average molecular weight is 643 g/mol. The lowest BCUT2D eigenvalue weighted by Crippen LogP contribution is -2.30. The van der Waals surface area contributed by atoms with Crippen molar-refractivity contribution in [2.45, 2.75) is 6.42 Å². The lowest BCUT2D eigenvalue weighted by molar-refractivity contribution is 0.850.